The van der Waals surface area contributed by atoms with Crippen molar-refractivity contribution in [1.29, 1.82) is 0 Å². The Balaban J connectivity index is 2.09. The van der Waals surface area contributed by atoms with E-state index in [4.69, 9.17) is 22.1 Å². The molecule has 0 bridgehead atoms. The van der Waals surface area contributed by atoms with E-state index in [2.05, 4.69) is 15.0 Å². The van der Waals surface area contributed by atoms with E-state index in [9.17, 15) is 10.2 Å². The maximum atomic E-state index is 10.2. The molecule has 114 valence electrons. The first kappa shape index (κ1) is 14.5. The number of nitrogen functional groups attached to an aromatic ring is 1. The van der Waals surface area contributed by atoms with E-state index in [0.29, 0.717) is 11.2 Å². The molecule has 4 atom stereocenters. The second-order valence-electron chi connectivity index (χ2n) is 5.40. The highest BCUT2D eigenvalue weighted by Crippen LogP contribution is 2.36. The van der Waals surface area contributed by atoms with Crippen LogP contribution in [0.15, 0.2) is 6.33 Å². The van der Waals surface area contributed by atoms with E-state index in [0.717, 1.165) is 0 Å². The van der Waals surface area contributed by atoms with Crippen molar-refractivity contribution in [3.05, 3.63) is 11.6 Å². The van der Waals surface area contributed by atoms with E-state index in [1.165, 1.54) is 10.9 Å². The van der Waals surface area contributed by atoms with E-state index < -0.39 is 24.5 Å². The number of halogens is 1. The fraction of sp³-hybridized carbons (Fsp3) is 0.583. The Morgan fingerprint density at radius 2 is 2.05 bits per heavy atom. The number of fused-ring (bicyclic) bond motifs is 1. The van der Waals surface area contributed by atoms with Gasteiger partial charge < -0.3 is 20.7 Å². The van der Waals surface area contributed by atoms with Crippen LogP contribution in [0.5, 0.6) is 0 Å². The van der Waals surface area contributed by atoms with Gasteiger partial charge in [0.25, 0.3) is 0 Å². The average molecular weight is 314 g/mol. The SMILES string of the molecule is CC(C)[C@H]1O[C@@H](n2c(Cl)nc3c(N)ncnc32)C(O)C1O. The third kappa shape index (κ3) is 2.15. The van der Waals surface area contributed by atoms with E-state index in [-0.39, 0.29) is 17.0 Å². The lowest BCUT2D eigenvalue weighted by Crippen LogP contribution is -2.34. The zero-order valence-corrected chi connectivity index (χ0v) is 12.3. The van der Waals surface area contributed by atoms with Crippen LogP contribution in [0.4, 0.5) is 5.82 Å². The summed E-state index contributed by atoms with van der Waals surface area (Å²) in [6.45, 7) is 3.80. The molecule has 2 aromatic rings. The Labute approximate surface area is 125 Å². The fourth-order valence-corrected chi connectivity index (χ4v) is 2.84. The van der Waals surface area contributed by atoms with Crippen LogP contribution in [0.2, 0.25) is 5.28 Å². The Kier molecular flexibility index (Phi) is 3.48. The van der Waals surface area contributed by atoms with Gasteiger partial charge in [-0.15, -0.1) is 0 Å². The highest BCUT2D eigenvalue weighted by molar-refractivity contribution is 6.29. The fourth-order valence-electron chi connectivity index (χ4n) is 2.58. The molecule has 3 heterocycles. The molecule has 1 aliphatic heterocycles. The summed E-state index contributed by atoms with van der Waals surface area (Å²) in [6, 6.07) is 0. The van der Waals surface area contributed by atoms with Crippen molar-refractivity contribution in [1.82, 2.24) is 19.5 Å². The van der Waals surface area contributed by atoms with Gasteiger partial charge in [-0.25, -0.2) is 15.0 Å². The lowest BCUT2D eigenvalue weighted by Gasteiger charge is -2.18. The van der Waals surface area contributed by atoms with Gasteiger partial charge in [-0.2, -0.15) is 0 Å². The summed E-state index contributed by atoms with van der Waals surface area (Å²) in [5, 5.41) is 20.4. The van der Waals surface area contributed by atoms with Crippen molar-refractivity contribution in [2.24, 2.45) is 5.92 Å². The number of anilines is 1. The first-order valence-corrected chi connectivity index (χ1v) is 6.95. The van der Waals surface area contributed by atoms with Gasteiger partial charge in [0.1, 0.15) is 18.5 Å². The van der Waals surface area contributed by atoms with Crippen molar-refractivity contribution in [2.45, 2.75) is 38.4 Å². The van der Waals surface area contributed by atoms with Gasteiger partial charge in [0.15, 0.2) is 23.2 Å². The van der Waals surface area contributed by atoms with Crippen molar-refractivity contribution in [3.63, 3.8) is 0 Å². The Morgan fingerprint density at radius 3 is 2.67 bits per heavy atom. The number of aromatic nitrogens is 4. The van der Waals surface area contributed by atoms with E-state index in [1.54, 1.807) is 0 Å². The molecule has 3 rings (SSSR count). The van der Waals surface area contributed by atoms with Gasteiger partial charge in [-0.05, 0) is 17.5 Å². The molecule has 0 saturated carbocycles. The topological polar surface area (TPSA) is 119 Å². The quantitative estimate of drug-likeness (QED) is 0.684. The van der Waals surface area contributed by atoms with Crippen LogP contribution in [0.25, 0.3) is 11.2 Å². The third-order valence-electron chi connectivity index (χ3n) is 3.65. The monoisotopic (exact) mass is 313 g/mol. The van der Waals surface area contributed by atoms with Crippen molar-refractivity contribution < 1.29 is 14.9 Å². The predicted molar refractivity (Wildman–Crippen MR) is 75.5 cm³/mol. The molecule has 0 amide bonds. The number of imidazole rings is 1. The molecule has 0 radical (unpaired) electrons. The minimum atomic E-state index is -1.14. The van der Waals surface area contributed by atoms with Crippen molar-refractivity contribution >= 4 is 28.6 Å². The van der Waals surface area contributed by atoms with Crippen LogP contribution < -0.4 is 5.73 Å². The van der Waals surface area contributed by atoms with Crippen LogP contribution in [0, 0.1) is 5.92 Å². The Hall–Kier alpha value is -1.48. The number of rotatable bonds is 2. The lowest BCUT2D eigenvalue weighted by molar-refractivity contribution is -0.0491. The Bertz CT molecular complexity index is 676. The van der Waals surface area contributed by atoms with Crippen LogP contribution in [0.3, 0.4) is 0 Å². The lowest BCUT2D eigenvalue weighted by atomic mass is 10.0. The summed E-state index contributed by atoms with van der Waals surface area (Å²) in [5.74, 6) is 0.224. The first-order chi connectivity index (χ1) is 9.91. The molecule has 2 aromatic heterocycles. The number of nitrogens with two attached hydrogens (primary N) is 1. The molecule has 4 N–H and O–H groups in total. The van der Waals surface area contributed by atoms with Crippen LogP contribution >= 0.6 is 11.6 Å². The Morgan fingerprint density at radius 1 is 1.33 bits per heavy atom. The van der Waals surface area contributed by atoms with Crippen molar-refractivity contribution in [3.8, 4) is 0 Å². The van der Waals surface area contributed by atoms with Gasteiger partial charge in [-0.1, -0.05) is 13.8 Å². The maximum Gasteiger partial charge on any atom is 0.207 e. The number of aliphatic hydroxyl groups excluding tert-OH is 2. The number of ether oxygens (including phenoxy) is 1. The summed E-state index contributed by atoms with van der Waals surface area (Å²) in [5.41, 5.74) is 6.43. The molecular formula is C12H16ClN5O3. The van der Waals surface area contributed by atoms with E-state index >= 15 is 0 Å². The van der Waals surface area contributed by atoms with Crippen LogP contribution in [0.1, 0.15) is 20.1 Å². The predicted octanol–water partition coefficient (Wildman–Crippen LogP) is 0.337. The normalized spacial score (nSPS) is 29.6. The van der Waals surface area contributed by atoms with Gasteiger partial charge in [-0.3, -0.25) is 4.57 Å². The summed E-state index contributed by atoms with van der Waals surface area (Å²) in [7, 11) is 0. The van der Waals surface area contributed by atoms with E-state index in [1.807, 2.05) is 13.8 Å². The van der Waals surface area contributed by atoms with Gasteiger partial charge in [0, 0.05) is 0 Å². The standard InChI is InChI=1S/C12H16ClN5O3/c1-4(2)8-6(19)7(20)11(21-8)18-10-5(17-12(18)13)9(14)15-3-16-10/h3-4,6-8,11,19-20H,1-2H3,(H2,14,15,16)/t6?,7?,8-,11-/m1/s1. The molecule has 1 fully saturated rings. The third-order valence-corrected chi connectivity index (χ3v) is 3.92. The second kappa shape index (κ2) is 5.06. The molecule has 1 saturated heterocycles. The smallest absolute Gasteiger partial charge is 0.207 e. The molecule has 8 nitrogen and oxygen atoms in total. The van der Waals surface area contributed by atoms with Gasteiger partial charge in [0.2, 0.25) is 5.28 Å². The number of hydrogen-bond donors (Lipinski definition) is 3. The average Bonchev–Trinajstić information content (AvgIpc) is 2.90. The summed E-state index contributed by atoms with van der Waals surface area (Å²) < 4.78 is 7.18. The number of nitrogens with zero attached hydrogens (tertiary/aromatic N) is 4. The summed E-state index contributed by atoms with van der Waals surface area (Å²) in [4.78, 5) is 12.0. The van der Waals surface area contributed by atoms with Crippen molar-refractivity contribution in [2.75, 3.05) is 5.73 Å². The molecule has 2 unspecified atom stereocenters. The van der Waals surface area contributed by atoms with Gasteiger partial charge >= 0.3 is 0 Å². The summed E-state index contributed by atoms with van der Waals surface area (Å²) >= 11 is 6.12. The molecule has 1 aliphatic rings. The molecule has 9 heteroatoms. The molecule has 0 spiro atoms. The summed E-state index contributed by atoms with van der Waals surface area (Å²) in [6.07, 6.45) is -2.24. The van der Waals surface area contributed by atoms with Crippen LogP contribution in [-0.4, -0.2) is 48.0 Å². The zero-order chi connectivity index (χ0) is 15.3. The molecule has 0 aliphatic carbocycles. The second-order valence-corrected chi connectivity index (χ2v) is 5.74. The van der Waals surface area contributed by atoms with Crippen LogP contribution in [-0.2, 0) is 4.74 Å². The molecular weight excluding hydrogens is 298 g/mol. The molecule has 0 aromatic carbocycles. The highest BCUT2D eigenvalue weighted by atomic mass is 35.5. The minimum Gasteiger partial charge on any atom is -0.388 e. The number of hydrogen-bond acceptors (Lipinski definition) is 7. The van der Waals surface area contributed by atoms with Gasteiger partial charge in [0.05, 0.1) is 6.10 Å². The maximum absolute atomic E-state index is 10.2. The molecule has 21 heavy (non-hydrogen) atoms. The minimum absolute atomic E-state index is 0.0351. The zero-order valence-electron chi connectivity index (χ0n) is 11.5. The largest absolute Gasteiger partial charge is 0.388 e. The highest BCUT2D eigenvalue weighted by Gasteiger charge is 2.46. The first-order valence-electron chi connectivity index (χ1n) is 6.57. The number of aliphatic hydroxyl groups is 2.